The number of carbonyl (C=O) groups is 1. The maximum atomic E-state index is 12.5. The fourth-order valence-corrected chi connectivity index (χ4v) is 7.45. The van der Waals surface area contributed by atoms with Crippen LogP contribution in [0.25, 0.3) is 0 Å². The molecule has 1 saturated carbocycles. The van der Waals surface area contributed by atoms with Gasteiger partial charge in [0.1, 0.15) is 12.4 Å². The molecule has 0 saturated heterocycles. The first-order chi connectivity index (χ1) is 21.5. The van der Waals surface area contributed by atoms with Crippen LogP contribution in [-0.4, -0.2) is 63.3 Å². The Morgan fingerprint density at radius 3 is 2.80 bits per heavy atom. The molecule has 0 spiro atoms. The van der Waals surface area contributed by atoms with Crippen molar-refractivity contribution in [3.8, 4) is 17.6 Å². The number of aliphatic hydroxyl groups is 2. The third kappa shape index (κ3) is 9.89. The van der Waals surface area contributed by atoms with Gasteiger partial charge in [0.25, 0.3) is 0 Å². The average Bonchev–Trinajstić information content (AvgIpc) is 3.49. The summed E-state index contributed by atoms with van der Waals surface area (Å²) in [6, 6.07) is 6.67. The number of phosphoric ester groups is 1. The number of nitrogens with zero attached hydrogens (tertiary/aromatic N) is 1. The van der Waals surface area contributed by atoms with E-state index in [0.717, 1.165) is 32.1 Å². The lowest BCUT2D eigenvalue weighted by atomic mass is 9.81. The van der Waals surface area contributed by atoms with Gasteiger partial charge < -0.3 is 19.5 Å². The molecule has 10 heteroatoms. The predicted molar refractivity (Wildman–Crippen MR) is 173 cm³/mol. The molecule has 1 unspecified atom stereocenters. The predicted octanol–water partition coefficient (Wildman–Crippen LogP) is 5.30. The van der Waals surface area contributed by atoms with Crippen LogP contribution < -0.4 is 4.52 Å². The molecule has 3 aliphatic rings. The summed E-state index contributed by atoms with van der Waals surface area (Å²) in [5.41, 5.74) is 4.84. The Labute approximate surface area is 267 Å². The van der Waals surface area contributed by atoms with Gasteiger partial charge >= 0.3 is 13.8 Å². The first-order valence-electron chi connectivity index (χ1n) is 16.0. The summed E-state index contributed by atoms with van der Waals surface area (Å²) in [4.78, 5) is 32.7. The van der Waals surface area contributed by atoms with Crippen LogP contribution in [0.2, 0.25) is 0 Å². The van der Waals surface area contributed by atoms with Crippen molar-refractivity contribution in [2.75, 3.05) is 20.2 Å². The molecule has 6 atom stereocenters. The molecule has 9 nitrogen and oxygen atoms in total. The van der Waals surface area contributed by atoms with E-state index in [1.807, 2.05) is 31.0 Å². The van der Waals surface area contributed by atoms with E-state index in [4.69, 9.17) is 19.0 Å². The number of hydrogen-bond donors (Lipinski definition) is 4. The summed E-state index contributed by atoms with van der Waals surface area (Å²) in [5, 5.41) is 21.5. The zero-order valence-corrected chi connectivity index (χ0v) is 27.5. The number of hydrogen-bond acceptors (Lipinski definition) is 7. The second kappa shape index (κ2) is 16.2. The minimum Gasteiger partial charge on any atom is -0.464 e. The lowest BCUT2D eigenvalue weighted by Crippen LogP contribution is -2.24. The number of ether oxygens (including phenoxy) is 1. The van der Waals surface area contributed by atoms with E-state index < -0.39 is 20.0 Å². The Morgan fingerprint density at radius 1 is 1.27 bits per heavy atom. The second-order valence-electron chi connectivity index (χ2n) is 12.6. The van der Waals surface area contributed by atoms with Crippen molar-refractivity contribution in [3.63, 3.8) is 0 Å². The number of para-hydroxylation sites is 1. The molecule has 45 heavy (non-hydrogen) atoms. The highest BCUT2D eigenvalue weighted by Gasteiger charge is 2.48. The second-order valence-corrected chi connectivity index (χ2v) is 13.8. The van der Waals surface area contributed by atoms with Gasteiger partial charge in [-0.3, -0.25) is 19.5 Å². The standard InChI is InChI=1S/C35H48NO8P/c1-4-5-10-24(2)31(37)18-17-29-32(38)22-27-21-30-25(12-8-14-28(30)35(27)29)13-9-16-34(39)43-20-19-36(3)23-26-11-6-7-15-33(26)44-45(40,41)42/h6-7,11-12,15,17-18,24,27,29,31-32,35,37-38H,8-10,13-14,16,19-23H2,1-3H3,(H2,40,41,42)/b18-17+/t24?,27-,29-,31+,32+,35+/m0/s1. The van der Waals surface area contributed by atoms with Crippen molar-refractivity contribution >= 4 is 13.8 Å². The Bertz CT molecular complexity index is 1390. The zero-order chi connectivity index (χ0) is 32.6. The van der Waals surface area contributed by atoms with E-state index in [-0.39, 0.29) is 30.2 Å². The van der Waals surface area contributed by atoms with Gasteiger partial charge in [0, 0.05) is 37.4 Å². The smallest absolute Gasteiger partial charge is 0.464 e. The highest BCUT2D eigenvalue weighted by Crippen LogP contribution is 2.55. The van der Waals surface area contributed by atoms with Crippen molar-refractivity contribution in [3.05, 3.63) is 64.8 Å². The fraction of sp³-hybridized carbons (Fsp3) is 0.571. The Hall–Kier alpha value is -2.70. The quantitative estimate of drug-likeness (QED) is 0.0870. The van der Waals surface area contributed by atoms with Gasteiger partial charge in [0.15, 0.2) is 0 Å². The van der Waals surface area contributed by atoms with Crippen LogP contribution in [0.3, 0.4) is 0 Å². The molecule has 4 N–H and O–H groups in total. The minimum atomic E-state index is -4.66. The molecule has 246 valence electrons. The van der Waals surface area contributed by atoms with E-state index in [2.05, 4.69) is 17.9 Å². The lowest BCUT2D eigenvalue weighted by Gasteiger charge is -2.25. The first kappa shape index (κ1) is 35.2. The van der Waals surface area contributed by atoms with Crippen molar-refractivity contribution < 1.29 is 38.6 Å². The van der Waals surface area contributed by atoms with Crippen LogP contribution >= 0.6 is 7.82 Å². The maximum absolute atomic E-state index is 12.5. The summed E-state index contributed by atoms with van der Waals surface area (Å²) in [7, 11) is -2.82. The van der Waals surface area contributed by atoms with Crippen LogP contribution in [0.1, 0.15) is 70.8 Å². The van der Waals surface area contributed by atoms with Gasteiger partial charge in [-0.2, -0.15) is 0 Å². The van der Waals surface area contributed by atoms with Crippen LogP contribution in [0.15, 0.2) is 59.2 Å². The molecule has 0 amide bonds. The van der Waals surface area contributed by atoms with Gasteiger partial charge in [-0.1, -0.05) is 48.9 Å². The normalized spacial score (nSPS) is 24.1. The van der Waals surface area contributed by atoms with Crippen molar-refractivity contribution in [1.82, 2.24) is 4.90 Å². The Balaban J connectivity index is 1.23. The van der Waals surface area contributed by atoms with Gasteiger partial charge in [-0.05, 0) is 87.5 Å². The summed E-state index contributed by atoms with van der Waals surface area (Å²) >= 11 is 0. The molecular formula is C35H48NO8P. The van der Waals surface area contributed by atoms with Crippen molar-refractivity contribution in [1.29, 1.82) is 0 Å². The number of esters is 1. The molecule has 0 bridgehead atoms. The molecule has 1 aromatic rings. The molecule has 4 rings (SSSR count). The minimum absolute atomic E-state index is 0.0150. The van der Waals surface area contributed by atoms with Crippen molar-refractivity contribution in [2.24, 2.45) is 23.7 Å². The molecule has 0 aromatic heterocycles. The number of phosphoric acid groups is 1. The fourth-order valence-electron chi connectivity index (χ4n) is 7.02. The SMILES string of the molecule is CC#CCC(C)[C@H](O)/C=C/[C@@H]1[C@H]2C3=C(C[C@H]2C[C@H]1O)C(CCCC(=O)OCCN(C)Cc1ccccc1OP(=O)(O)O)=CCC3. The van der Waals surface area contributed by atoms with Crippen LogP contribution in [0.5, 0.6) is 5.75 Å². The molecule has 3 aliphatic carbocycles. The Kier molecular flexibility index (Phi) is 12.7. The molecule has 1 aromatic carbocycles. The maximum Gasteiger partial charge on any atom is 0.524 e. The molecule has 1 fully saturated rings. The summed E-state index contributed by atoms with van der Waals surface area (Å²) in [6.45, 7) is 4.85. The summed E-state index contributed by atoms with van der Waals surface area (Å²) in [6.07, 6.45) is 11.5. The number of allylic oxidation sites excluding steroid dienone is 4. The van der Waals surface area contributed by atoms with E-state index in [9.17, 15) is 19.6 Å². The third-order valence-electron chi connectivity index (χ3n) is 9.27. The van der Waals surface area contributed by atoms with Crippen molar-refractivity contribution in [2.45, 2.75) is 84.0 Å². The molecule has 0 radical (unpaired) electrons. The van der Waals surface area contributed by atoms with Gasteiger partial charge in [0.05, 0.1) is 12.2 Å². The van der Waals surface area contributed by atoms with E-state index in [1.165, 1.54) is 22.8 Å². The Morgan fingerprint density at radius 2 is 2.04 bits per heavy atom. The average molecular weight is 642 g/mol. The molecular weight excluding hydrogens is 593 g/mol. The number of carbonyl (C=O) groups excluding carboxylic acids is 1. The lowest BCUT2D eigenvalue weighted by molar-refractivity contribution is -0.144. The monoisotopic (exact) mass is 641 g/mol. The van der Waals surface area contributed by atoms with Gasteiger partial charge in [0.2, 0.25) is 0 Å². The zero-order valence-electron chi connectivity index (χ0n) is 26.6. The van der Waals surface area contributed by atoms with Crippen LogP contribution in [0.4, 0.5) is 0 Å². The number of aliphatic hydroxyl groups excluding tert-OH is 2. The molecule has 0 heterocycles. The largest absolute Gasteiger partial charge is 0.524 e. The number of fused-ring (bicyclic) bond motifs is 2. The van der Waals surface area contributed by atoms with Crippen LogP contribution in [-0.2, 0) is 20.6 Å². The van der Waals surface area contributed by atoms with Gasteiger partial charge in [-0.15, -0.1) is 11.8 Å². The highest BCUT2D eigenvalue weighted by molar-refractivity contribution is 7.46. The third-order valence-corrected chi connectivity index (χ3v) is 9.70. The summed E-state index contributed by atoms with van der Waals surface area (Å²) < 4.78 is 21.5. The molecule has 0 aliphatic heterocycles. The number of benzene rings is 1. The van der Waals surface area contributed by atoms with E-state index >= 15 is 0 Å². The summed E-state index contributed by atoms with van der Waals surface area (Å²) in [5.74, 6) is 6.59. The topological polar surface area (TPSA) is 137 Å². The van der Waals surface area contributed by atoms with E-state index in [1.54, 1.807) is 25.1 Å². The van der Waals surface area contributed by atoms with Crippen LogP contribution in [0, 0.1) is 35.5 Å². The van der Waals surface area contributed by atoms with E-state index in [0.29, 0.717) is 49.8 Å². The number of rotatable bonds is 15. The number of likely N-dealkylation sites (N-methyl/N-ethyl adjacent to an activating group) is 1. The van der Waals surface area contributed by atoms with Gasteiger partial charge in [-0.25, -0.2) is 4.57 Å². The highest BCUT2D eigenvalue weighted by atomic mass is 31.2. The first-order valence-corrected chi connectivity index (χ1v) is 17.5.